The lowest BCUT2D eigenvalue weighted by Crippen LogP contribution is -2.33. The van der Waals surface area contributed by atoms with E-state index >= 15 is 0 Å². The fourth-order valence-corrected chi connectivity index (χ4v) is 5.30. The first-order valence-corrected chi connectivity index (χ1v) is 14.4. The molecule has 0 unspecified atom stereocenters. The third-order valence-electron chi connectivity index (χ3n) is 7.64. The number of nitrogens with zero attached hydrogens (tertiary/aromatic N) is 2. The minimum atomic E-state index is -0.377. The molecule has 0 spiro atoms. The SMILES string of the molecule is CCCCCCCNC(=O)Oc1ccc(CN2CCC(CCc3noc4c(OC)c(OC)ccc34)CC2)cc1. The van der Waals surface area contributed by atoms with E-state index in [0.29, 0.717) is 35.3 Å². The largest absolute Gasteiger partial charge is 0.493 e. The molecule has 1 amide bonds. The Morgan fingerprint density at radius 2 is 1.79 bits per heavy atom. The molecule has 0 bridgehead atoms. The maximum atomic E-state index is 12.0. The number of piperidine rings is 1. The maximum absolute atomic E-state index is 12.0. The number of unbranched alkanes of at least 4 members (excludes halogenated alkanes) is 4. The van der Waals surface area contributed by atoms with Crippen molar-refractivity contribution in [3.63, 3.8) is 0 Å². The first-order chi connectivity index (χ1) is 19.1. The second kappa shape index (κ2) is 14.8. The number of carbonyl (C=O) groups is 1. The van der Waals surface area contributed by atoms with Crippen molar-refractivity contribution in [2.45, 2.75) is 71.3 Å². The molecule has 0 atom stereocenters. The number of fused-ring (bicyclic) bond motifs is 1. The third-order valence-corrected chi connectivity index (χ3v) is 7.64. The van der Waals surface area contributed by atoms with Gasteiger partial charge < -0.3 is 24.1 Å². The van der Waals surface area contributed by atoms with Gasteiger partial charge in [-0.05, 0) is 80.9 Å². The summed E-state index contributed by atoms with van der Waals surface area (Å²) in [5.74, 6) is 2.50. The van der Waals surface area contributed by atoms with Crippen LogP contribution in [0.2, 0.25) is 0 Å². The highest BCUT2D eigenvalue weighted by molar-refractivity contribution is 5.87. The second-order valence-corrected chi connectivity index (χ2v) is 10.4. The van der Waals surface area contributed by atoms with Gasteiger partial charge in [0.15, 0.2) is 5.75 Å². The Hall–Kier alpha value is -3.26. The van der Waals surface area contributed by atoms with Crippen LogP contribution in [0.3, 0.4) is 0 Å². The number of hydrogen-bond acceptors (Lipinski definition) is 7. The van der Waals surface area contributed by atoms with Crippen molar-refractivity contribution in [1.29, 1.82) is 0 Å². The summed E-state index contributed by atoms with van der Waals surface area (Å²) in [5.41, 5.74) is 2.86. The molecule has 3 aromatic rings. The van der Waals surface area contributed by atoms with Crippen molar-refractivity contribution in [2.75, 3.05) is 33.9 Å². The molecule has 39 heavy (non-hydrogen) atoms. The number of likely N-dealkylation sites (tertiary alicyclic amines) is 1. The van der Waals surface area contributed by atoms with Crippen LogP contribution in [0.4, 0.5) is 4.79 Å². The molecule has 4 rings (SSSR count). The van der Waals surface area contributed by atoms with E-state index in [1.54, 1.807) is 14.2 Å². The van der Waals surface area contributed by atoms with Crippen LogP contribution in [0.5, 0.6) is 17.2 Å². The molecule has 1 aromatic heterocycles. The number of carbonyl (C=O) groups excluding carboxylic acids is 1. The van der Waals surface area contributed by atoms with E-state index in [1.165, 1.54) is 37.7 Å². The van der Waals surface area contributed by atoms with Crippen molar-refractivity contribution in [3.8, 4) is 17.2 Å². The maximum Gasteiger partial charge on any atom is 0.412 e. The van der Waals surface area contributed by atoms with Gasteiger partial charge in [0, 0.05) is 18.5 Å². The Labute approximate surface area is 232 Å². The van der Waals surface area contributed by atoms with Gasteiger partial charge in [0.25, 0.3) is 0 Å². The van der Waals surface area contributed by atoms with Gasteiger partial charge in [-0.3, -0.25) is 4.90 Å². The molecule has 1 aliphatic heterocycles. The molecule has 8 heteroatoms. The van der Waals surface area contributed by atoms with E-state index in [9.17, 15) is 4.79 Å². The fraction of sp³-hybridized carbons (Fsp3) is 0.548. The number of amides is 1. The van der Waals surface area contributed by atoms with Crippen LogP contribution >= 0.6 is 0 Å². The molecule has 1 N–H and O–H groups in total. The third kappa shape index (κ3) is 8.12. The van der Waals surface area contributed by atoms with Crippen LogP contribution < -0.4 is 19.5 Å². The summed E-state index contributed by atoms with van der Waals surface area (Å²) in [6, 6.07) is 11.8. The summed E-state index contributed by atoms with van der Waals surface area (Å²) in [5, 5.41) is 8.17. The van der Waals surface area contributed by atoms with Gasteiger partial charge >= 0.3 is 6.09 Å². The Morgan fingerprint density at radius 3 is 2.51 bits per heavy atom. The summed E-state index contributed by atoms with van der Waals surface area (Å²) in [4.78, 5) is 14.5. The second-order valence-electron chi connectivity index (χ2n) is 10.4. The minimum Gasteiger partial charge on any atom is -0.493 e. The quantitative estimate of drug-likeness (QED) is 0.228. The predicted octanol–water partition coefficient (Wildman–Crippen LogP) is 6.75. The van der Waals surface area contributed by atoms with Crippen LogP contribution in [0.25, 0.3) is 11.0 Å². The Kier molecular flexibility index (Phi) is 10.9. The normalized spacial score (nSPS) is 14.4. The van der Waals surface area contributed by atoms with Gasteiger partial charge in [-0.2, -0.15) is 0 Å². The van der Waals surface area contributed by atoms with Gasteiger partial charge in [-0.1, -0.05) is 49.9 Å². The minimum absolute atomic E-state index is 0.377. The molecule has 1 fully saturated rings. The van der Waals surface area contributed by atoms with Crippen molar-refractivity contribution < 1.29 is 23.5 Å². The van der Waals surface area contributed by atoms with Crippen LogP contribution in [0.1, 0.15) is 69.5 Å². The summed E-state index contributed by atoms with van der Waals surface area (Å²) in [6.07, 6.45) is 9.79. The Balaban J connectivity index is 1.16. The number of ether oxygens (including phenoxy) is 3. The smallest absolute Gasteiger partial charge is 0.412 e. The van der Waals surface area contributed by atoms with Gasteiger partial charge in [0.05, 0.1) is 19.9 Å². The fourth-order valence-electron chi connectivity index (χ4n) is 5.30. The first kappa shape index (κ1) is 28.7. The molecule has 2 aromatic carbocycles. The molecule has 0 aliphatic carbocycles. The predicted molar refractivity (Wildman–Crippen MR) is 153 cm³/mol. The van der Waals surface area contributed by atoms with E-state index in [2.05, 4.69) is 34.4 Å². The number of aromatic nitrogens is 1. The molecule has 0 radical (unpaired) electrons. The number of rotatable bonds is 14. The highest BCUT2D eigenvalue weighted by Crippen LogP contribution is 2.37. The van der Waals surface area contributed by atoms with Gasteiger partial charge in [-0.15, -0.1) is 0 Å². The van der Waals surface area contributed by atoms with Gasteiger partial charge in [0.1, 0.15) is 5.75 Å². The zero-order valence-electron chi connectivity index (χ0n) is 23.7. The summed E-state index contributed by atoms with van der Waals surface area (Å²) in [6.45, 7) is 5.93. The van der Waals surface area contributed by atoms with Crippen LogP contribution in [-0.2, 0) is 13.0 Å². The van der Waals surface area contributed by atoms with Crippen molar-refractivity contribution >= 4 is 17.1 Å². The molecule has 2 heterocycles. The number of nitrogens with one attached hydrogen (secondary N) is 1. The highest BCUT2D eigenvalue weighted by atomic mass is 16.6. The molecule has 0 saturated carbocycles. The van der Waals surface area contributed by atoms with E-state index in [4.69, 9.17) is 18.7 Å². The summed E-state index contributed by atoms with van der Waals surface area (Å²) in [7, 11) is 3.24. The standard InChI is InChI=1S/C31H43N3O5/c1-4-5-6-7-8-19-32-31(35)38-25-12-9-24(10-13-25)22-34-20-17-23(18-21-34)11-15-27-26-14-16-28(36-2)30(37-3)29(26)39-33-27/h9-10,12-14,16,23H,4-8,11,15,17-22H2,1-3H3,(H,32,35). The lowest BCUT2D eigenvalue weighted by molar-refractivity contribution is 0.172. The van der Waals surface area contributed by atoms with Gasteiger partial charge in [-0.25, -0.2) is 4.79 Å². The Morgan fingerprint density at radius 1 is 1.03 bits per heavy atom. The molecular weight excluding hydrogens is 494 g/mol. The van der Waals surface area contributed by atoms with E-state index in [1.807, 2.05) is 24.3 Å². The van der Waals surface area contributed by atoms with Crippen molar-refractivity contribution in [3.05, 3.63) is 47.7 Å². The summed E-state index contributed by atoms with van der Waals surface area (Å²) >= 11 is 0. The lowest BCUT2D eigenvalue weighted by atomic mass is 9.91. The van der Waals surface area contributed by atoms with E-state index in [-0.39, 0.29) is 6.09 Å². The molecule has 212 valence electrons. The molecule has 1 saturated heterocycles. The Bertz CT molecular complexity index is 1170. The van der Waals surface area contributed by atoms with Crippen LogP contribution in [0, 0.1) is 5.92 Å². The van der Waals surface area contributed by atoms with Gasteiger partial charge in [0.2, 0.25) is 11.3 Å². The van der Waals surface area contributed by atoms with Crippen LogP contribution in [0.15, 0.2) is 40.9 Å². The number of hydrogen-bond donors (Lipinski definition) is 1. The number of methoxy groups -OCH3 is 2. The van der Waals surface area contributed by atoms with E-state index in [0.717, 1.165) is 56.4 Å². The average Bonchev–Trinajstić information content (AvgIpc) is 3.38. The molecular formula is C31H43N3O5. The molecule has 8 nitrogen and oxygen atoms in total. The van der Waals surface area contributed by atoms with Crippen molar-refractivity contribution in [2.24, 2.45) is 5.92 Å². The number of aryl methyl sites for hydroxylation is 1. The average molecular weight is 538 g/mol. The molecule has 1 aliphatic rings. The van der Waals surface area contributed by atoms with Crippen molar-refractivity contribution in [1.82, 2.24) is 15.4 Å². The number of benzene rings is 2. The lowest BCUT2D eigenvalue weighted by Gasteiger charge is -2.32. The highest BCUT2D eigenvalue weighted by Gasteiger charge is 2.22. The first-order valence-electron chi connectivity index (χ1n) is 14.4. The zero-order valence-corrected chi connectivity index (χ0v) is 23.7. The topological polar surface area (TPSA) is 86.1 Å². The van der Waals surface area contributed by atoms with Crippen LogP contribution in [-0.4, -0.2) is 50.0 Å². The van der Waals surface area contributed by atoms with E-state index < -0.39 is 0 Å². The monoisotopic (exact) mass is 537 g/mol. The zero-order chi connectivity index (χ0) is 27.5. The summed E-state index contributed by atoms with van der Waals surface area (Å²) < 4.78 is 21.9.